The number of rotatable bonds is 3. The van der Waals surface area contributed by atoms with Crippen LogP contribution < -0.4 is 0 Å². The molecule has 4 heteroatoms. The molecule has 0 aromatic heterocycles. The van der Waals surface area contributed by atoms with E-state index in [1.54, 1.807) is 0 Å². The Balaban J connectivity index is 2.48. The lowest BCUT2D eigenvalue weighted by molar-refractivity contribution is -0.329. The second kappa shape index (κ2) is 4.57. The van der Waals surface area contributed by atoms with E-state index in [2.05, 4.69) is 6.58 Å². The molecule has 4 nitrogen and oxygen atoms in total. The Morgan fingerprint density at radius 1 is 1.79 bits per heavy atom. The minimum absolute atomic E-state index is 0.463. The molecular formula is C10H16O4. The summed E-state index contributed by atoms with van der Waals surface area (Å²) in [5.41, 5.74) is 0. The quantitative estimate of drug-likeness (QED) is 0.513. The maximum atomic E-state index is 10.9. The molecule has 1 aliphatic heterocycles. The van der Waals surface area contributed by atoms with E-state index in [0.717, 1.165) is 12.5 Å². The molecule has 2 atom stereocenters. The van der Waals surface area contributed by atoms with Gasteiger partial charge in [-0.15, -0.1) is 0 Å². The van der Waals surface area contributed by atoms with Crippen molar-refractivity contribution in [3.63, 3.8) is 0 Å². The van der Waals surface area contributed by atoms with E-state index in [0.29, 0.717) is 13.0 Å². The molecule has 1 heterocycles. The van der Waals surface area contributed by atoms with Crippen LogP contribution in [0.1, 0.15) is 26.7 Å². The van der Waals surface area contributed by atoms with Gasteiger partial charge in [-0.25, -0.2) is 4.79 Å². The molecule has 0 aromatic carbocycles. The molecule has 2 unspecified atom stereocenters. The highest BCUT2D eigenvalue weighted by atomic mass is 16.8. The predicted octanol–water partition coefficient (Wildman–Crippen LogP) is 1.60. The van der Waals surface area contributed by atoms with Crippen molar-refractivity contribution in [2.45, 2.75) is 38.8 Å². The van der Waals surface area contributed by atoms with Crippen LogP contribution in [0, 0.1) is 0 Å². The second-order valence-corrected chi connectivity index (χ2v) is 3.31. The molecule has 1 aliphatic rings. The van der Waals surface area contributed by atoms with E-state index >= 15 is 0 Å². The Bertz CT molecular complexity index is 226. The fourth-order valence-corrected chi connectivity index (χ4v) is 1.19. The second-order valence-electron chi connectivity index (χ2n) is 3.31. The maximum Gasteiger partial charge on any atom is 0.332 e. The Hall–Kier alpha value is -0.870. The number of carbonyl (C=O) groups excluding carboxylic acids is 1. The Morgan fingerprint density at radius 3 is 3.07 bits per heavy atom. The SMILES string of the molecule is C=CC(=O)OC1CCOC(C)(CC)O1. The van der Waals surface area contributed by atoms with Gasteiger partial charge in [0.15, 0.2) is 5.79 Å². The van der Waals surface area contributed by atoms with E-state index in [-0.39, 0.29) is 0 Å². The van der Waals surface area contributed by atoms with Gasteiger partial charge in [0.1, 0.15) is 0 Å². The molecule has 1 saturated heterocycles. The van der Waals surface area contributed by atoms with Crippen LogP contribution in [0.25, 0.3) is 0 Å². The summed E-state index contributed by atoms with van der Waals surface area (Å²) in [7, 11) is 0. The molecule has 1 rings (SSSR count). The molecule has 0 saturated carbocycles. The van der Waals surface area contributed by atoms with Crippen LogP contribution >= 0.6 is 0 Å². The van der Waals surface area contributed by atoms with E-state index in [9.17, 15) is 4.79 Å². The van der Waals surface area contributed by atoms with Crippen molar-refractivity contribution in [3.8, 4) is 0 Å². The third-order valence-electron chi connectivity index (χ3n) is 2.20. The van der Waals surface area contributed by atoms with Gasteiger partial charge in [0.05, 0.1) is 6.61 Å². The molecule has 1 fully saturated rings. The Labute approximate surface area is 83.8 Å². The van der Waals surface area contributed by atoms with Crippen molar-refractivity contribution in [2.24, 2.45) is 0 Å². The monoisotopic (exact) mass is 200 g/mol. The van der Waals surface area contributed by atoms with E-state index in [4.69, 9.17) is 14.2 Å². The maximum absolute atomic E-state index is 10.9. The first-order valence-corrected chi connectivity index (χ1v) is 4.74. The van der Waals surface area contributed by atoms with Crippen molar-refractivity contribution >= 4 is 5.97 Å². The molecule has 80 valence electrons. The summed E-state index contributed by atoms with van der Waals surface area (Å²) in [4.78, 5) is 10.9. The minimum atomic E-state index is -0.635. The van der Waals surface area contributed by atoms with Crippen molar-refractivity contribution < 1.29 is 19.0 Å². The average molecular weight is 200 g/mol. The van der Waals surface area contributed by atoms with Crippen molar-refractivity contribution in [2.75, 3.05) is 6.61 Å². The molecule has 0 aliphatic carbocycles. The van der Waals surface area contributed by atoms with Gasteiger partial charge < -0.3 is 14.2 Å². The first-order valence-electron chi connectivity index (χ1n) is 4.74. The first-order chi connectivity index (χ1) is 6.59. The summed E-state index contributed by atoms with van der Waals surface area (Å²) < 4.78 is 15.9. The fourth-order valence-electron chi connectivity index (χ4n) is 1.19. The molecule has 14 heavy (non-hydrogen) atoms. The van der Waals surface area contributed by atoms with Crippen LogP contribution in [0.2, 0.25) is 0 Å². The predicted molar refractivity (Wildman–Crippen MR) is 50.4 cm³/mol. The normalized spacial score (nSPS) is 32.3. The van der Waals surface area contributed by atoms with Crippen LogP contribution in [0.15, 0.2) is 12.7 Å². The van der Waals surface area contributed by atoms with Crippen molar-refractivity contribution in [3.05, 3.63) is 12.7 Å². The van der Waals surface area contributed by atoms with E-state index in [1.165, 1.54) is 0 Å². The van der Waals surface area contributed by atoms with Gasteiger partial charge in [0.2, 0.25) is 6.29 Å². The van der Waals surface area contributed by atoms with Gasteiger partial charge >= 0.3 is 5.97 Å². The van der Waals surface area contributed by atoms with Gasteiger partial charge in [0, 0.05) is 12.5 Å². The first kappa shape index (κ1) is 11.2. The number of hydrogen-bond donors (Lipinski definition) is 0. The van der Waals surface area contributed by atoms with Gasteiger partial charge in [-0.3, -0.25) is 0 Å². The minimum Gasteiger partial charge on any atom is -0.432 e. The van der Waals surface area contributed by atoms with Crippen LogP contribution in [0.5, 0.6) is 0 Å². The third-order valence-corrected chi connectivity index (χ3v) is 2.20. The van der Waals surface area contributed by atoms with E-state index < -0.39 is 18.0 Å². The highest BCUT2D eigenvalue weighted by molar-refractivity contribution is 5.81. The zero-order chi connectivity index (χ0) is 10.6. The molecular weight excluding hydrogens is 184 g/mol. The van der Waals surface area contributed by atoms with Crippen molar-refractivity contribution in [1.29, 1.82) is 0 Å². The number of ether oxygens (including phenoxy) is 3. The van der Waals surface area contributed by atoms with Gasteiger partial charge in [-0.1, -0.05) is 13.5 Å². The summed E-state index contributed by atoms with van der Waals surface area (Å²) >= 11 is 0. The van der Waals surface area contributed by atoms with Gasteiger partial charge in [-0.05, 0) is 13.3 Å². The lowest BCUT2D eigenvalue weighted by Crippen LogP contribution is -2.43. The molecule has 0 radical (unpaired) electrons. The zero-order valence-corrected chi connectivity index (χ0v) is 8.62. The number of esters is 1. The number of carbonyl (C=O) groups is 1. The largest absolute Gasteiger partial charge is 0.432 e. The third kappa shape index (κ3) is 2.82. The highest BCUT2D eigenvalue weighted by Crippen LogP contribution is 2.26. The standard InChI is InChI=1S/C10H16O4/c1-4-8(11)13-9-6-7-12-10(3,5-2)14-9/h4,9H,1,5-7H2,2-3H3. The van der Waals surface area contributed by atoms with Crippen molar-refractivity contribution in [1.82, 2.24) is 0 Å². The van der Waals surface area contributed by atoms with Crippen LogP contribution in [0.4, 0.5) is 0 Å². The highest BCUT2D eigenvalue weighted by Gasteiger charge is 2.33. The molecule has 0 spiro atoms. The summed E-state index contributed by atoms with van der Waals surface area (Å²) in [5, 5.41) is 0. The summed E-state index contributed by atoms with van der Waals surface area (Å²) in [6, 6.07) is 0. The molecule has 0 amide bonds. The van der Waals surface area contributed by atoms with Crippen LogP contribution in [0.3, 0.4) is 0 Å². The van der Waals surface area contributed by atoms with Crippen LogP contribution in [-0.2, 0) is 19.0 Å². The lowest BCUT2D eigenvalue weighted by Gasteiger charge is -2.37. The smallest absolute Gasteiger partial charge is 0.332 e. The Morgan fingerprint density at radius 2 is 2.50 bits per heavy atom. The van der Waals surface area contributed by atoms with Gasteiger partial charge in [0.25, 0.3) is 0 Å². The number of hydrogen-bond acceptors (Lipinski definition) is 4. The summed E-state index contributed by atoms with van der Waals surface area (Å²) in [6.07, 6.45) is 1.89. The molecule has 0 bridgehead atoms. The summed E-state index contributed by atoms with van der Waals surface area (Å²) in [5.74, 6) is -1.10. The van der Waals surface area contributed by atoms with Crippen LogP contribution in [-0.4, -0.2) is 24.7 Å². The lowest BCUT2D eigenvalue weighted by atomic mass is 10.2. The Kier molecular flexibility index (Phi) is 3.66. The molecule has 0 N–H and O–H groups in total. The average Bonchev–Trinajstić information content (AvgIpc) is 2.18. The topological polar surface area (TPSA) is 44.8 Å². The summed E-state index contributed by atoms with van der Waals surface area (Å²) in [6.45, 7) is 7.65. The fraction of sp³-hybridized carbons (Fsp3) is 0.700. The molecule has 0 aromatic rings. The zero-order valence-electron chi connectivity index (χ0n) is 8.62. The van der Waals surface area contributed by atoms with Gasteiger partial charge in [-0.2, -0.15) is 0 Å². The van der Waals surface area contributed by atoms with E-state index in [1.807, 2.05) is 13.8 Å².